The zero-order chi connectivity index (χ0) is 13.2. The lowest BCUT2D eigenvalue weighted by molar-refractivity contribution is 0.488. The first-order valence-electron chi connectivity index (χ1n) is 6.27. The molecule has 0 aliphatic carbocycles. The van der Waals surface area contributed by atoms with Gasteiger partial charge in [0.2, 0.25) is 0 Å². The number of aryl methyl sites for hydroxylation is 1. The third kappa shape index (κ3) is 2.33. The van der Waals surface area contributed by atoms with Crippen LogP contribution in [-0.2, 0) is 0 Å². The Labute approximate surface area is 112 Å². The van der Waals surface area contributed by atoms with Crippen LogP contribution in [0.4, 0.5) is 11.6 Å². The van der Waals surface area contributed by atoms with Crippen molar-refractivity contribution in [2.24, 2.45) is 0 Å². The number of anilines is 2. The topological polar surface area (TPSA) is 58.0 Å². The molecule has 0 atom stereocenters. The first kappa shape index (κ1) is 11.8. The van der Waals surface area contributed by atoms with Gasteiger partial charge in [-0.25, -0.2) is 15.0 Å². The van der Waals surface area contributed by atoms with E-state index in [0.29, 0.717) is 6.04 Å². The normalized spacial score (nSPS) is 15.2. The monoisotopic (exact) mass is 256 g/mol. The van der Waals surface area contributed by atoms with Gasteiger partial charge < -0.3 is 9.80 Å². The standard InChI is InChI=1S/C13H16N6/c1-10-15-4-3-12(17-10)18(2)11-8-19(9-11)13-7-14-5-6-16-13/h3-7,11H,8-9H2,1-2H3. The molecule has 19 heavy (non-hydrogen) atoms. The van der Waals surface area contributed by atoms with Crippen LogP contribution in [0, 0.1) is 6.92 Å². The lowest BCUT2D eigenvalue weighted by atomic mass is 10.1. The van der Waals surface area contributed by atoms with Crippen LogP contribution in [0.1, 0.15) is 5.82 Å². The Bertz CT molecular complexity index is 552. The first-order chi connectivity index (χ1) is 9.24. The Morgan fingerprint density at radius 3 is 2.74 bits per heavy atom. The highest BCUT2D eigenvalue weighted by molar-refractivity contribution is 5.46. The van der Waals surface area contributed by atoms with Crippen LogP contribution in [-0.4, -0.2) is 46.1 Å². The Hall–Kier alpha value is -2.24. The smallest absolute Gasteiger partial charge is 0.147 e. The molecule has 0 amide bonds. The van der Waals surface area contributed by atoms with E-state index in [-0.39, 0.29) is 0 Å². The van der Waals surface area contributed by atoms with Crippen LogP contribution in [0.15, 0.2) is 30.9 Å². The van der Waals surface area contributed by atoms with E-state index in [1.807, 2.05) is 13.0 Å². The fraction of sp³-hybridized carbons (Fsp3) is 0.385. The van der Waals surface area contributed by atoms with Crippen molar-refractivity contribution < 1.29 is 0 Å². The highest BCUT2D eigenvalue weighted by Gasteiger charge is 2.31. The van der Waals surface area contributed by atoms with Gasteiger partial charge in [0.25, 0.3) is 0 Å². The lowest BCUT2D eigenvalue weighted by Crippen LogP contribution is -2.59. The highest BCUT2D eigenvalue weighted by Crippen LogP contribution is 2.22. The predicted octanol–water partition coefficient (Wildman–Crippen LogP) is 0.900. The highest BCUT2D eigenvalue weighted by atomic mass is 15.3. The summed E-state index contributed by atoms with van der Waals surface area (Å²) in [6.07, 6.45) is 7.01. The zero-order valence-corrected chi connectivity index (χ0v) is 11.1. The van der Waals surface area contributed by atoms with E-state index in [2.05, 4.69) is 36.8 Å². The van der Waals surface area contributed by atoms with Crippen LogP contribution < -0.4 is 9.80 Å². The summed E-state index contributed by atoms with van der Waals surface area (Å²) in [4.78, 5) is 21.4. The fourth-order valence-electron chi connectivity index (χ4n) is 2.17. The van der Waals surface area contributed by atoms with Gasteiger partial charge in [-0.1, -0.05) is 0 Å². The molecule has 0 saturated carbocycles. The first-order valence-corrected chi connectivity index (χ1v) is 6.27. The van der Waals surface area contributed by atoms with Crippen molar-refractivity contribution in [2.75, 3.05) is 29.9 Å². The van der Waals surface area contributed by atoms with Gasteiger partial charge in [-0.2, -0.15) is 0 Å². The minimum absolute atomic E-state index is 0.455. The fourth-order valence-corrected chi connectivity index (χ4v) is 2.17. The number of likely N-dealkylation sites (N-methyl/N-ethyl adjacent to an activating group) is 1. The van der Waals surface area contributed by atoms with E-state index in [0.717, 1.165) is 30.5 Å². The molecule has 98 valence electrons. The molecule has 6 nitrogen and oxygen atoms in total. The Balaban J connectivity index is 1.64. The van der Waals surface area contributed by atoms with Gasteiger partial charge in [0.15, 0.2) is 0 Å². The van der Waals surface area contributed by atoms with Crippen LogP contribution in [0.5, 0.6) is 0 Å². The molecule has 6 heteroatoms. The molecule has 3 rings (SSSR count). The molecule has 3 heterocycles. The summed E-state index contributed by atoms with van der Waals surface area (Å²) in [5.74, 6) is 2.71. The molecule has 1 saturated heterocycles. The molecule has 1 aliphatic rings. The largest absolute Gasteiger partial charge is 0.353 e. The molecular formula is C13H16N6. The van der Waals surface area contributed by atoms with Gasteiger partial charge in [-0.3, -0.25) is 4.98 Å². The van der Waals surface area contributed by atoms with Crippen molar-refractivity contribution in [3.8, 4) is 0 Å². The van der Waals surface area contributed by atoms with E-state index >= 15 is 0 Å². The maximum absolute atomic E-state index is 4.44. The molecule has 2 aromatic heterocycles. The summed E-state index contributed by atoms with van der Waals surface area (Å²) in [6.45, 7) is 3.79. The van der Waals surface area contributed by atoms with Gasteiger partial charge in [0.1, 0.15) is 17.5 Å². The van der Waals surface area contributed by atoms with Crippen LogP contribution in [0.25, 0.3) is 0 Å². The second-order valence-electron chi connectivity index (χ2n) is 4.70. The van der Waals surface area contributed by atoms with Crippen molar-refractivity contribution >= 4 is 11.6 Å². The minimum Gasteiger partial charge on any atom is -0.353 e. The van der Waals surface area contributed by atoms with E-state index in [4.69, 9.17) is 0 Å². The maximum Gasteiger partial charge on any atom is 0.147 e. The van der Waals surface area contributed by atoms with Crippen molar-refractivity contribution in [1.29, 1.82) is 0 Å². The molecule has 1 fully saturated rings. The third-order valence-electron chi connectivity index (χ3n) is 3.41. The molecule has 0 bridgehead atoms. The Morgan fingerprint density at radius 1 is 1.21 bits per heavy atom. The Morgan fingerprint density at radius 2 is 2.05 bits per heavy atom. The van der Waals surface area contributed by atoms with E-state index in [9.17, 15) is 0 Å². The summed E-state index contributed by atoms with van der Waals surface area (Å²) < 4.78 is 0. The molecule has 0 spiro atoms. The summed E-state index contributed by atoms with van der Waals surface area (Å²) in [6, 6.07) is 2.40. The number of hydrogen-bond acceptors (Lipinski definition) is 6. The average molecular weight is 256 g/mol. The van der Waals surface area contributed by atoms with Crippen molar-refractivity contribution in [2.45, 2.75) is 13.0 Å². The van der Waals surface area contributed by atoms with Gasteiger partial charge in [0, 0.05) is 38.7 Å². The predicted molar refractivity (Wildman–Crippen MR) is 73.2 cm³/mol. The van der Waals surface area contributed by atoms with Gasteiger partial charge in [-0.05, 0) is 13.0 Å². The average Bonchev–Trinajstić information content (AvgIpc) is 2.38. The van der Waals surface area contributed by atoms with Crippen LogP contribution in [0.3, 0.4) is 0 Å². The summed E-state index contributed by atoms with van der Waals surface area (Å²) in [5, 5.41) is 0. The molecule has 0 radical (unpaired) electrons. The molecule has 2 aromatic rings. The number of rotatable bonds is 3. The molecule has 0 aromatic carbocycles. The Kier molecular flexibility index (Phi) is 2.98. The van der Waals surface area contributed by atoms with E-state index in [1.165, 1.54) is 0 Å². The van der Waals surface area contributed by atoms with Gasteiger partial charge >= 0.3 is 0 Å². The summed E-state index contributed by atoms with van der Waals surface area (Å²) >= 11 is 0. The quantitative estimate of drug-likeness (QED) is 0.813. The number of aromatic nitrogens is 4. The number of hydrogen-bond donors (Lipinski definition) is 0. The minimum atomic E-state index is 0.455. The number of nitrogens with zero attached hydrogens (tertiary/aromatic N) is 6. The van der Waals surface area contributed by atoms with E-state index < -0.39 is 0 Å². The third-order valence-corrected chi connectivity index (χ3v) is 3.41. The summed E-state index contributed by atoms with van der Waals surface area (Å²) in [7, 11) is 2.07. The van der Waals surface area contributed by atoms with Crippen molar-refractivity contribution in [3.63, 3.8) is 0 Å². The van der Waals surface area contributed by atoms with Crippen LogP contribution >= 0.6 is 0 Å². The van der Waals surface area contributed by atoms with Gasteiger partial charge in [-0.15, -0.1) is 0 Å². The molecule has 0 N–H and O–H groups in total. The van der Waals surface area contributed by atoms with Crippen molar-refractivity contribution in [3.05, 3.63) is 36.7 Å². The van der Waals surface area contributed by atoms with Gasteiger partial charge in [0.05, 0.1) is 12.2 Å². The molecular weight excluding hydrogens is 240 g/mol. The molecule has 0 unspecified atom stereocenters. The molecule has 1 aliphatic heterocycles. The van der Waals surface area contributed by atoms with Crippen molar-refractivity contribution in [1.82, 2.24) is 19.9 Å². The second kappa shape index (κ2) is 4.79. The van der Waals surface area contributed by atoms with E-state index in [1.54, 1.807) is 24.8 Å². The summed E-state index contributed by atoms with van der Waals surface area (Å²) in [5.41, 5.74) is 0. The SMILES string of the molecule is Cc1nccc(N(C)C2CN(c3cnccn3)C2)n1. The lowest BCUT2D eigenvalue weighted by Gasteiger charge is -2.44. The second-order valence-corrected chi connectivity index (χ2v) is 4.70. The maximum atomic E-state index is 4.44. The zero-order valence-electron chi connectivity index (χ0n) is 11.1. The van der Waals surface area contributed by atoms with Crippen LogP contribution in [0.2, 0.25) is 0 Å².